The first-order chi connectivity index (χ1) is 7.22. The Morgan fingerprint density at radius 3 is 2.60 bits per heavy atom. The van der Waals surface area contributed by atoms with E-state index in [1.165, 1.54) is 19.3 Å². The summed E-state index contributed by atoms with van der Waals surface area (Å²) in [5.74, 6) is 1.33. The predicted octanol–water partition coefficient (Wildman–Crippen LogP) is 4.43. The zero-order valence-corrected chi connectivity index (χ0v) is 10.2. The average Bonchev–Trinajstić information content (AvgIpc) is 2.15. The van der Waals surface area contributed by atoms with Gasteiger partial charge < -0.3 is 4.74 Å². The minimum atomic E-state index is 0.0992. The molecule has 1 aromatic carbocycles. The zero-order valence-electron chi connectivity index (χ0n) is 8.67. The van der Waals surface area contributed by atoms with Gasteiger partial charge >= 0.3 is 0 Å². The summed E-state index contributed by atoms with van der Waals surface area (Å²) in [6.07, 6.45) is 3.77. The molecule has 0 saturated heterocycles. The Kier molecular flexibility index (Phi) is 3.42. The van der Waals surface area contributed by atoms with Crippen LogP contribution in [0.3, 0.4) is 0 Å². The Morgan fingerprint density at radius 1 is 1.40 bits per heavy atom. The molecular weight excluding hydrogens is 231 g/mol. The van der Waals surface area contributed by atoms with Crippen molar-refractivity contribution in [3.63, 3.8) is 0 Å². The molecule has 2 rings (SSSR count). The van der Waals surface area contributed by atoms with E-state index in [1.54, 1.807) is 7.11 Å². The van der Waals surface area contributed by atoms with E-state index in [4.69, 9.17) is 27.9 Å². The molecule has 0 radical (unpaired) electrons. The summed E-state index contributed by atoms with van der Waals surface area (Å²) in [6.45, 7) is 0. The molecule has 1 atom stereocenters. The summed E-state index contributed by atoms with van der Waals surface area (Å²) in [6, 6.07) is 5.79. The lowest BCUT2D eigenvalue weighted by molar-refractivity contribution is 0.305. The summed E-state index contributed by atoms with van der Waals surface area (Å²) >= 11 is 12.4. The molecule has 1 nitrogen and oxygen atoms in total. The lowest BCUT2D eigenvalue weighted by Crippen LogP contribution is -2.16. The van der Waals surface area contributed by atoms with Gasteiger partial charge in [0.1, 0.15) is 5.75 Å². The normalized spacial score (nSPS) is 18.3. The molecule has 1 aliphatic rings. The van der Waals surface area contributed by atoms with E-state index in [0.29, 0.717) is 16.7 Å². The van der Waals surface area contributed by atoms with Gasteiger partial charge in [-0.2, -0.15) is 0 Å². The molecule has 1 aromatic rings. The molecule has 0 aliphatic heterocycles. The number of hydrogen-bond donors (Lipinski definition) is 0. The van der Waals surface area contributed by atoms with Crippen LogP contribution in [0.1, 0.15) is 30.2 Å². The highest BCUT2D eigenvalue weighted by Crippen LogP contribution is 2.43. The Morgan fingerprint density at radius 2 is 2.13 bits per heavy atom. The van der Waals surface area contributed by atoms with Crippen molar-refractivity contribution in [1.29, 1.82) is 0 Å². The molecule has 1 unspecified atom stereocenters. The maximum atomic E-state index is 6.38. The van der Waals surface area contributed by atoms with Crippen molar-refractivity contribution in [2.24, 2.45) is 5.92 Å². The second-order valence-corrected chi connectivity index (χ2v) is 4.86. The fourth-order valence-corrected chi connectivity index (χ4v) is 2.51. The largest absolute Gasteiger partial charge is 0.495 e. The number of methoxy groups -OCH3 is 1. The highest BCUT2D eigenvalue weighted by molar-refractivity contribution is 6.32. The van der Waals surface area contributed by atoms with Crippen molar-refractivity contribution in [3.8, 4) is 5.75 Å². The lowest BCUT2D eigenvalue weighted by Gasteiger charge is -2.30. The third kappa shape index (κ3) is 2.24. The van der Waals surface area contributed by atoms with E-state index < -0.39 is 0 Å². The van der Waals surface area contributed by atoms with Crippen LogP contribution in [-0.2, 0) is 0 Å². The van der Waals surface area contributed by atoms with Crippen LogP contribution in [0.4, 0.5) is 0 Å². The van der Waals surface area contributed by atoms with Crippen molar-refractivity contribution in [2.75, 3.05) is 7.11 Å². The van der Waals surface area contributed by atoms with Crippen molar-refractivity contribution in [1.82, 2.24) is 0 Å². The summed E-state index contributed by atoms with van der Waals surface area (Å²) in [7, 11) is 1.62. The van der Waals surface area contributed by atoms with E-state index in [1.807, 2.05) is 18.2 Å². The Balaban J connectivity index is 2.17. The van der Waals surface area contributed by atoms with Gasteiger partial charge in [-0.1, -0.05) is 24.1 Å². The van der Waals surface area contributed by atoms with E-state index in [-0.39, 0.29) is 5.38 Å². The highest BCUT2D eigenvalue weighted by atomic mass is 35.5. The van der Waals surface area contributed by atoms with Crippen LogP contribution in [0.5, 0.6) is 5.75 Å². The summed E-state index contributed by atoms with van der Waals surface area (Å²) in [5, 5.41) is 0.738. The molecule has 0 heterocycles. The summed E-state index contributed by atoms with van der Waals surface area (Å²) < 4.78 is 5.11. The van der Waals surface area contributed by atoms with E-state index >= 15 is 0 Å². The average molecular weight is 245 g/mol. The third-order valence-electron chi connectivity index (χ3n) is 3.06. The van der Waals surface area contributed by atoms with Gasteiger partial charge in [0.15, 0.2) is 0 Å². The predicted molar refractivity (Wildman–Crippen MR) is 63.9 cm³/mol. The molecule has 1 fully saturated rings. The number of halogens is 2. The number of hydrogen-bond acceptors (Lipinski definition) is 1. The third-order valence-corrected chi connectivity index (χ3v) is 3.96. The minimum Gasteiger partial charge on any atom is -0.495 e. The maximum absolute atomic E-state index is 6.38. The van der Waals surface area contributed by atoms with E-state index in [2.05, 4.69) is 0 Å². The van der Waals surface area contributed by atoms with Gasteiger partial charge in [-0.05, 0) is 36.5 Å². The van der Waals surface area contributed by atoms with E-state index in [0.717, 1.165) is 5.56 Å². The molecule has 0 N–H and O–H groups in total. The number of alkyl halides is 1. The van der Waals surface area contributed by atoms with E-state index in [9.17, 15) is 0 Å². The number of ether oxygens (including phenoxy) is 1. The van der Waals surface area contributed by atoms with Gasteiger partial charge in [0.2, 0.25) is 0 Å². The van der Waals surface area contributed by atoms with Crippen molar-refractivity contribution in [3.05, 3.63) is 28.8 Å². The Labute approximate surface area is 100 Å². The van der Waals surface area contributed by atoms with Gasteiger partial charge in [0.25, 0.3) is 0 Å². The van der Waals surface area contributed by atoms with Gasteiger partial charge in [0.05, 0.1) is 17.5 Å². The quantitative estimate of drug-likeness (QED) is 0.716. The van der Waals surface area contributed by atoms with Crippen LogP contribution >= 0.6 is 23.2 Å². The van der Waals surface area contributed by atoms with Crippen LogP contribution in [0.15, 0.2) is 18.2 Å². The molecule has 3 heteroatoms. The van der Waals surface area contributed by atoms with Crippen LogP contribution in [0.25, 0.3) is 0 Å². The summed E-state index contributed by atoms with van der Waals surface area (Å²) in [4.78, 5) is 0. The first-order valence-electron chi connectivity index (χ1n) is 5.20. The molecular formula is C12H14Cl2O. The maximum Gasteiger partial charge on any atom is 0.137 e. The van der Waals surface area contributed by atoms with Gasteiger partial charge in [0, 0.05) is 0 Å². The molecule has 0 amide bonds. The number of rotatable bonds is 3. The number of benzene rings is 1. The second kappa shape index (κ2) is 4.63. The highest BCUT2D eigenvalue weighted by Gasteiger charge is 2.27. The smallest absolute Gasteiger partial charge is 0.137 e. The van der Waals surface area contributed by atoms with Gasteiger partial charge in [-0.3, -0.25) is 0 Å². The molecule has 0 spiro atoms. The molecule has 0 bridgehead atoms. The molecule has 0 aromatic heterocycles. The fraction of sp³-hybridized carbons (Fsp3) is 0.500. The van der Waals surface area contributed by atoms with Crippen molar-refractivity contribution < 1.29 is 4.74 Å². The van der Waals surface area contributed by atoms with Gasteiger partial charge in [-0.25, -0.2) is 0 Å². The van der Waals surface area contributed by atoms with Crippen molar-refractivity contribution >= 4 is 23.2 Å². The molecule has 82 valence electrons. The van der Waals surface area contributed by atoms with Crippen LogP contribution in [-0.4, -0.2) is 7.11 Å². The Hall–Kier alpha value is -0.400. The second-order valence-electron chi connectivity index (χ2n) is 3.99. The Bertz CT molecular complexity index is 347. The SMILES string of the molecule is COc1ccc(C(Cl)C2CCC2)cc1Cl. The van der Waals surface area contributed by atoms with Crippen molar-refractivity contribution in [2.45, 2.75) is 24.6 Å². The monoisotopic (exact) mass is 244 g/mol. The fourth-order valence-electron chi connectivity index (χ4n) is 1.86. The minimum absolute atomic E-state index is 0.0992. The topological polar surface area (TPSA) is 9.23 Å². The lowest BCUT2D eigenvalue weighted by atomic mass is 9.80. The summed E-state index contributed by atoms with van der Waals surface area (Å²) in [5.41, 5.74) is 1.10. The molecule has 1 saturated carbocycles. The van der Waals surface area contributed by atoms with Gasteiger partial charge in [-0.15, -0.1) is 11.6 Å². The zero-order chi connectivity index (χ0) is 10.8. The standard InChI is InChI=1S/C12H14Cl2O/c1-15-11-6-5-9(7-10(11)13)12(14)8-3-2-4-8/h5-8,12H,2-4H2,1H3. The molecule has 15 heavy (non-hydrogen) atoms. The first-order valence-corrected chi connectivity index (χ1v) is 6.01. The van der Waals surface area contributed by atoms with Crippen LogP contribution in [0, 0.1) is 5.92 Å². The van der Waals surface area contributed by atoms with Crippen LogP contribution in [0.2, 0.25) is 5.02 Å². The van der Waals surface area contributed by atoms with Crippen LogP contribution < -0.4 is 4.74 Å². The molecule has 1 aliphatic carbocycles. The first kappa shape index (κ1) is 11.1.